The predicted octanol–water partition coefficient (Wildman–Crippen LogP) is 1.06. The highest BCUT2D eigenvalue weighted by atomic mass is 19.1. The van der Waals surface area contributed by atoms with E-state index in [1.54, 1.807) is 0 Å². The van der Waals surface area contributed by atoms with Gasteiger partial charge in [-0.05, 0) is 12.1 Å². The molecule has 0 atom stereocenters. The van der Waals surface area contributed by atoms with Crippen LogP contribution in [0.3, 0.4) is 0 Å². The van der Waals surface area contributed by atoms with Crippen LogP contribution in [0, 0.1) is 5.82 Å². The van der Waals surface area contributed by atoms with Crippen molar-refractivity contribution in [1.29, 1.82) is 0 Å². The van der Waals surface area contributed by atoms with Crippen molar-refractivity contribution in [3.63, 3.8) is 0 Å². The molecule has 4 heteroatoms. The first-order valence-electron chi connectivity index (χ1n) is 3.41. The lowest BCUT2D eigenvalue weighted by Gasteiger charge is -1.95. The SMILES string of the molecule is O=c1ccc2c(F)ccnc2[nH]1. The van der Waals surface area contributed by atoms with Crippen molar-refractivity contribution in [3.05, 3.63) is 40.6 Å². The maximum Gasteiger partial charge on any atom is 0.249 e. The molecular formula is C8H5FN2O. The predicted molar refractivity (Wildman–Crippen MR) is 42.3 cm³/mol. The summed E-state index contributed by atoms with van der Waals surface area (Å²) in [5.74, 6) is -0.378. The van der Waals surface area contributed by atoms with Gasteiger partial charge in [-0.3, -0.25) is 4.79 Å². The third-order valence-electron chi connectivity index (χ3n) is 1.58. The number of fused-ring (bicyclic) bond motifs is 1. The summed E-state index contributed by atoms with van der Waals surface area (Å²) in [6.45, 7) is 0. The number of hydrogen-bond acceptors (Lipinski definition) is 2. The van der Waals surface area contributed by atoms with Crippen LogP contribution in [0.5, 0.6) is 0 Å². The van der Waals surface area contributed by atoms with Gasteiger partial charge in [0.1, 0.15) is 11.5 Å². The second kappa shape index (κ2) is 2.41. The highest BCUT2D eigenvalue weighted by Gasteiger charge is 1.99. The summed E-state index contributed by atoms with van der Waals surface area (Å²) < 4.78 is 13.0. The maximum atomic E-state index is 13.0. The molecule has 0 spiro atoms. The summed E-state index contributed by atoms with van der Waals surface area (Å²) in [6.07, 6.45) is 1.31. The zero-order valence-corrected chi connectivity index (χ0v) is 6.04. The van der Waals surface area contributed by atoms with E-state index in [1.807, 2.05) is 0 Å². The Morgan fingerprint density at radius 1 is 1.33 bits per heavy atom. The van der Waals surface area contributed by atoms with Gasteiger partial charge in [0.25, 0.3) is 0 Å². The molecule has 0 bridgehead atoms. The number of halogens is 1. The molecule has 12 heavy (non-hydrogen) atoms. The molecule has 2 rings (SSSR count). The molecule has 2 aromatic heterocycles. The minimum atomic E-state index is -0.378. The molecule has 0 saturated heterocycles. The van der Waals surface area contributed by atoms with Crippen molar-refractivity contribution < 1.29 is 4.39 Å². The molecule has 0 radical (unpaired) electrons. The molecule has 2 aromatic rings. The molecule has 0 aromatic carbocycles. The lowest BCUT2D eigenvalue weighted by Crippen LogP contribution is -2.03. The smallest absolute Gasteiger partial charge is 0.249 e. The van der Waals surface area contributed by atoms with E-state index < -0.39 is 0 Å². The fraction of sp³-hybridized carbons (Fsp3) is 0. The van der Waals surface area contributed by atoms with Gasteiger partial charge >= 0.3 is 0 Å². The number of aromatic amines is 1. The Labute approximate surface area is 66.9 Å². The van der Waals surface area contributed by atoms with Gasteiger partial charge in [-0.2, -0.15) is 0 Å². The van der Waals surface area contributed by atoms with Crippen LogP contribution >= 0.6 is 0 Å². The van der Waals surface area contributed by atoms with Gasteiger partial charge in [-0.15, -0.1) is 0 Å². The summed E-state index contributed by atoms with van der Waals surface area (Å²) in [6, 6.07) is 3.93. The van der Waals surface area contributed by atoms with Crippen molar-refractivity contribution in [3.8, 4) is 0 Å². The van der Waals surface area contributed by atoms with Crippen molar-refractivity contribution in [2.45, 2.75) is 0 Å². The lowest BCUT2D eigenvalue weighted by atomic mass is 10.3. The molecule has 0 amide bonds. The summed E-state index contributed by atoms with van der Waals surface area (Å²) in [5.41, 5.74) is 0.00287. The molecule has 2 heterocycles. The number of aromatic nitrogens is 2. The van der Waals surface area contributed by atoms with Gasteiger partial charge in [-0.25, -0.2) is 9.37 Å². The van der Waals surface area contributed by atoms with Gasteiger partial charge in [0.15, 0.2) is 0 Å². The van der Waals surface area contributed by atoms with Gasteiger partial charge < -0.3 is 4.98 Å². The Hall–Kier alpha value is -1.71. The van der Waals surface area contributed by atoms with Crippen molar-refractivity contribution in [2.75, 3.05) is 0 Å². The summed E-state index contributed by atoms with van der Waals surface area (Å²) in [4.78, 5) is 17.0. The molecule has 0 aliphatic carbocycles. The minimum Gasteiger partial charge on any atom is -0.306 e. The first-order chi connectivity index (χ1) is 5.77. The van der Waals surface area contributed by atoms with Crippen LogP contribution in [0.15, 0.2) is 29.2 Å². The van der Waals surface area contributed by atoms with Crippen molar-refractivity contribution in [1.82, 2.24) is 9.97 Å². The largest absolute Gasteiger partial charge is 0.306 e. The van der Waals surface area contributed by atoms with Crippen LogP contribution in [-0.2, 0) is 0 Å². The van der Waals surface area contributed by atoms with E-state index in [4.69, 9.17) is 0 Å². The van der Waals surface area contributed by atoms with E-state index in [9.17, 15) is 9.18 Å². The van der Waals surface area contributed by atoms with Crippen molar-refractivity contribution >= 4 is 11.0 Å². The zero-order chi connectivity index (χ0) is 8.55. The fourth-order valence-corrected chi connectivity index (χ4v) is 1.03. The number of pyridine rings is 2. The Morgan fingerprint density at radius 3 is 3.00 bits per heavy atom. The summed E-state index contributed by atoms with van der Waals surface area (Å²) in [7, 11) is 0. The normalized spacial score (nSPS) is 10.4. The van der Waals surface area contributed by atoms with E-state index in [2.05, 4.69) is 9.97 Å². The van der Waals surface area contributed by atoms with E-state index in [0.717, 1.165) is 0 Å². The van der Waals surface area contributed by atoms with E-state index in [0.29, 0.717) is 5.39 Å². The molecular weight excluding hydrogens is 159 g/mol. The van der Waals surface area contributed by atoms with Crippen LogP contribution in [-0.4, -0.2) is 9.97 Å². The van der Waals surface area contributed by atoms with Crippen LogP contribution < -0.4 is 5.56 Å². The number of nitrogens with one attached hydrogen (secondary N) is 1. The van der Waals surface area contributed by atoms with Gasteiger partial charge in [0.2, 0.25) is 5.56 Å². The number of nitrogens with zero attached hydrogens (tertiary/aromatic N) is 1. The topological polar surface area (TPSA) is 45.8 Å². The van der Waals surface area contributed by atoms with Gasteiger partial charge in [0.05, 0.1) is 5.39 Å². The monoisotopic (exact) mass is 164 g/mol. The first kappa shape index (κ1) is 6.97. The fourth-order valence-electron chi connectivity index (χ4n) is 1.03. The highest BCUT2D eigenvalue weighted by molar-refractivity contribution is 5.74. The summed E-state index contributed by atoms with van der Waals surface area (Å²) in [5, 5.41) is 0.331. The molecule has 0 unspecified atom stereocenters. The van der Waals surface area contributed by atoms with Crippen LogP contribution in [0.1, 0.15) is 0 Å². The third kappa shape index (κ3) is 0.972. The van der Waals surface area contributed by atoms with E-state index in [1.165, 1.54) is 24.4 Å². The third-order valence-corrected chi connectivity index (χ3v) is 1.58. The first-order valence-corrected chi connectivity index (χ1v) is 3.41. The number of rotatable bonds is 0. The lowest BCUT2D eigenvalue weighted by molar-refractivity contribution is 0.638. The van der Waals surface area contributed by atoms with Crippen LogP contribution in [0.2, 0.25) is 0 Å². The standard InChI is InChI=1S/C8H5FN2O/c9-6-3-4-10-8-5(6)1-2-7(12)11-8/h1-4H,(H,10,11,12). The molecule has 0 saturated carbocycles. The second-order valence-corrected chi connectivity index (χ2v) is 2.38. The quantitative estimate of drug-likeness (QED) is 0.632. The van der Waals surface area contributed by atoms with Crippen LogP contribution in [0.4, 0.5) is 4.39 Å². The molecule has 0 aliphatic heterocycles. The summed E-state index contributed by atoms with van der Waals surface area (Å²) >= 11 is 0. The van der Waals surface area contributed by atoms with Crippen molar-refractivity contribution in [2.24, 2.45) is 0 Å². The second-order valence-electron chi connectivity index (χ2n) is 2.38. The zero-order valence-electron chi connectivity index (χ0n) is 6.04. The molecule has 3 nitrogen and oxygen atoms in total. The maximum absolute atomic E-state index is 13.0. The Bertz CT molecular complexity index is 478. The molecule has 60 valence electrons. The molecule has 1 N–H and O–H groups in total. The average molecular weight is 164 g/mol. The molecule has 0 aliphatic rings. The molecule has 0 fully saturated rings. The Balaban J connectivity index is 2.96. The van der Waals surface area contributed by atoms with Gasteiger partial charge in [0, 0.05) is 12.3 Å². The average Bonchev–Trinajstić information content (AvgIpc) is 2.04. The highest BCUT2D eigenvalue weighted by Crippen LogP contribution is 2.09. The number of hydrogen-bond donors (Lipinski definition) is 1. The minimum absolute atomic E-state index is 0.277. The Kier molecular flexibility index (Phi) is 1.40. The van der Waals surface area contributed by atoms with Crippen LogP contribution in [0.25, 0.3) is 11.0 Å². The Morgan fingerprint density at radius 2 is 2.17 bits per heavy atom. The van der Waals surface area contributed by atoms with E-state index in [-0.39, 0.29) is 17.0 Å². The van der Waals surface area contributed by atoms with E-state index >= 15 is 0 Å². The van der Waals surface area contributed by atoms with Gasteiger partial charge in [-0.1, -0.05) is 0 Å². The number of H-pyrrole nitrogens is 1.